The molecule has 0 spiro atoms. The van der Waals surface area contributed by atoms with Gasteiger partial charge in [-0.2, -0.15) is 13.2 Å². The Morgan fingerprint density at radius 2 is 1.67 bits per heavy atom. The first kappa shape index (κ1) is 22.2. The zero-order chi connectivity index (χ0) is 22.1. The third-order valence-corrected chi connectivity index (χ3v) is 5.25. The van der Waals surface area contributed by atoms with E-state index in [2.05, 4.69) is 12.2 Å². The fourth-order valence-electron chi connectivity index (χ4n) is 2.97. The maximum Gasteiger partial charge on any atom is 0.416 e. The number of imide groups is 1. The van der Waals surface area contributed by atoms with Gasteiger partial charge in [0.1, 0.15) is 10.7 Å². The van der Waals surface area contributed by atoms with Crippen molar-refractivity contribution in [1.82, 2.24) is 0 Å². The largest absolute Gasteiger partial charge is 0.416 e. The van der Waals surface area contributed by atoms with Gasteiger partial charge in [-0.15, -0.1) is 0 Å². The topological polar surface area (TPSA) is 49.4 Å². The summed E-state index contributed by atoms with van der Waals surface area (Å²) >= 11 is 12.0. The molecular formula is C21H17Cl2F3N2O2. The zero-order valence-electron chi connectivity index (χ0n) is 15.8. The van der Waals surface area contributed by atoms with E-state index in [-0.39, 0.29) is 16.4 Å². The summed E-state index contributed by atoms with van der Waals surface area (Å²) in [6.45, 7) is 2.09. The summed E-state index contributed by atoms with van der Waals surface area (Å²) in [4.78, 5) is 25.9. The SMILES string of the molecule is CCCCc1ccc(NC2=C(Cl)C(=O)N(c3cc(C(F)(F)F)ccc3Cl)C2=O)cc1. The summed E-state index contributed by atoms with van der Waals surface area (Å²) in [5.74, 6) is -1.84. The number of nitrogens with zero attached hydrogens (tertiary/aromatic N) is 1. The van der Waals surface area contributed by atoms with E-state index in [0.29, 0.717) is 16.7 Å². The summed E-state index contributed by atoms with van der Waals surface area (Å²) in [7, 11) is 0. The molecule has 0 aliphatic carbocycles. The molecule has 0 aromatic heterocycles. The normalized spacial score (nSPS) is 14.7. The second-order valence-corrected chi connectivity index (χ2v) is 7.51. The van der Waals surface area contributed by atoms with Crippen LogP contribution in [0.2, 0.25) is 5.02 Å². The van der Waals surface area contributed by atoms with Gasteiger partial charge in [-0.1, -0.05) is 48.7 Å². The smallest absolute Gasteiger partial charge is 0.350 e. The zero-order valence-corrected chi connectivity index (χ0v) is 17.3. The number of hydrogen-bond acceptors (Lipinski definition) is 3. The van der Waals surface area contributed by atoms with Crippen molar-refractivity contribution in [3.63, 3.8) is 0 Å². The minimum Gasteiger partial charge on any atom is -0.350 e. The molecule has 0 saturated carbocycles. The van der Waals surface area contributed by atoms with Crippen molar-refractivity contribution < 1.29 is 22.8 Å². The fraction of sp³-hybridized carbons (Fsp3) is 0.238. The van der Waals surface area contributed by atoms with Gasteiger partial charge in [0, 0.05) is 5.69 Å². The van der Waals surface area contributed by atoms with E-state index in [1.807, 2.05) is 12.1 Å². The minimum absolute atomic E-state index is 0.185. The molecular weight excluding hydrogens is 440 g/mol. The lowest BCUT2D eigenvalue weighted by molar-refractivity contribution is -0.137. The van der Waals surface area contributed by atoms with Crippen LogP contribution in [0.1, 0.15) is 30.9 Å². The van der Waals surface area contributed by atoms with Crippen molar-refractivity contribution in [3.8, 4) is 0 Å². The number of nitrogens with one attached hydrogen (secondary N) is 1. The van der Waals surface area contributed by atoms with Crippen molar-refractivity contribution in [2.24, 2.45) is 0 Å². The Labute approximate surface area is 181 Å². The number of anilines is 2. The van der Waals surface area contributed by atoms with Gasteiger partial charge < -0.3 is 5.32 Å². The molecule has 0 atom stereocenters. The molecule has 2 aromatic rings. The van der Waals surface area contributed by atoms with E-state index in [1.165, 1.54) is 0 Å². The molecule has 3 rings (SSSR count). The van der Waals surface area contributed by atoms with Gasteiger partial charge in [-0.3, -0.25) is 9.59 Å². The molecule has 1 aliphatic rings. The van der Waals surface area contributed by atoms with E-state index in [4.69, 9.17) is 23.2 Å². The molecule has 1 aliphatic heterocycles. The van der Waals surface area contributed by atoms with E-state index >= 15 is 0 Å². The molecule has 2 amide bonds. The summed E-state index contributed by atoms with van der Waals surface area (Å²) in [6, 6.07) is 9.64. The number of amides is 2. The molecule has 0 unspecified atom stereocenters. The van der Waals surface area contributed by atoms with Crippen LogP contribution in [0.25, 0.3) is 0 Å². The first-order chi connectivity index (χ1) is 14.1. The number of aryl methyl sites for hydroxylation is 1. The molecule has 0 radical (unpaired) electrons. The predicted octanol–water partition coefficient (Wildman–Crippen LogP) is 6.14. The van der Waals surface area contributed by atoms with Gasteiger partial charge >= 0.3 is 6.18 Å². The summed E-state index contributed by atoms with van der Waals surface area (Å²) in [5.41, 5.74) is -0.0132. The minimum atomic E-state index is -4.66. The maximum atomic E-state index is 13.1. The van der Waals surface area contributed by atoms with E-state index in [0.717, 1.165) is 37.0 Å². The van der Waals surface area contributed by atoms with Crippen molar-refractivity contribution in [2.45, 2.75) is 32.4 Å². The van der Waals surface area contributed by atoms with E-state index in [1.54, 1.807) is 12.1 Å². The Morgan fingerprint density at radius 1 is 1.00 bits per heavy atom. The van der Waals surface area contributed by atoms with Crippen LogP contribution in [-0.2, 0) is 22.2 Å². The Kier molecular flexibility index (Phi) is 6.43. The lowest BCUT2D eigenvalue weighted by Crippen LogP contribution is -2.32. The molecule has 1 heterocycles. The van der Waals surface area contributed by atoms with E-state index in [9.17, 15) is 22.8 Å². The van der Waals surface area contributed by atoms with Gasteiger partial charge in [0.05, 0.1) is 16.3 Å². The summed E-state index contributed by atoms with van der Waals surface area (Å²) < 4.78 is 39.2. The predicted molar refractivity (Wildman–Crippen MR) is 111 cm³/mol. The average Bonchev–Trinajstić information content (AvgIpc) is 2.90. The highest BCUT2D eigenvalue weighted by atomic mass is 35.5. The molecule has 2 aromatic carbocycles. The molecule has 0 saturated heterocycles. The van der Waals surface area contributed by atoms with E-state index < -0.39 is 28.6 Å². The Morgan fingerprint density at radius 3 is 2.27 bits per heavy atom. The quantitative estimate of drug-likeness (QED) is 0.531. The van der Waals surface area contributed by atoms with Crippen LogP contribution in [0.5, 0.6) is 0 Å². The number of carbonyl (C=O) groups is 2. The van der Waals surface area contributed by atoms with Crippen LogP contribution in [-0.4, -0.2) is 11.8 Å². The second-order valence-electron chi connectivity index (χ2n) is 6.72. The monoisotopic (exact) mass is 456 g/mol. The summed E-state index contributed by atoms with van der Waals surface area (Å²) in [5, 5.41) is 2.18. The third-order valence-electron chi connectivity index (χ3n) is 4.58. The van der Waals surface area contributed by atoms with Crippen molar-refractivity contribution >= 4 is 46.4 Å². The van der Waals surface area contributed by atoms with Crippen molar-refractivity contribution in [2.75, 3.05) is 10.2 Å². The summed E-state index contributed by atoms with van der Waals surface area (Å²) in [6.07, 6.45) is -1.64. The third kappa shape index (κ3) is 4.47. The van der Waals surface area contributed by atoms with Crippen molar-refractivity contribution in [3.05, 3.63) is 69.3 Å². The van der Waals surface area contributed by atoms with Gasteiger partial charge in [0.25, 0.3) is 11.8 Å². The molecule has 1 N–H and O–H groups in total. The van der Waals surface area contributed by atoms with Gasteiger partial charge in [-0.05, 0) is 48.7 Å². The highest BCUT2D eigenvalue weighted by molar-refractivity contribution is 6.53. The fourth-order valence-corrected chi connectivity index (χ4v) is 3.39. The first-order valence-electron chi connectivity index (χ1n) is 9.14. The molecule has 30 heavy (non-hydrogen) atoms. The Balaban J connectivity index is 1.87. The van der Waals surface area contributed by atoms with Gasteiger partial charge in [0.15, 0.2) is 0 Å². The molecule has 0 fully saturated rings. The Hall–Kier alpha value is -2.51. The van der Waals surface area contributed by atoms with Crippen LogP contribution < -0.4 is 10.2 Å². The number of alkyl halides is 3. The van der Waals surface area contributed by atoms with Gasteiger partial charge in [0.2, 0.25) is 0 Å². The van der Waals surface area contributed by atoms with Crippen LogP contribution in [0, 0.1) is 0 Å². The standard InChI is InChI=1S/C21H17Cl2F3N2O2/c1-2-3-4-12-5-8-14(9-6-12)27-18-17(23)19(29)28(20(18)30)16-11-13(21(24,25)26)7-10-15(16)22/h5-11,27H,2-4H2,1H3. The molecule has 0 bridgehead atoms. The lowest BCUT2D eigenvalue weighted by atomic mass is 10.1. The van der Waals surface area contributed by atoms with Crippen LogP contribution in [0.3, 0.4) is 0 Å². The molecule has 158 valence electrons. The second kappa shape index (κ2) is 8.70. The lowest BCUT2D eigenvalue weighted by Gasteiger charge is -2.18. The van der Waals surface area contributed by atoms with Crippen LogP contribution in [0.4, 0.5) is 24.5 Å². The highest BCUT2D eigenvalue weighted by Crippen LogP contribution is 2.38. The molecule has 9 heteroatoms. The van der Waals surface area contributed by atoms with Crippen LogP contribution >= 0.6 is 23.2 Å². The number of hydrogen-bond donors (Lipinski definition) is 1. The molecule has 4 nitrogen and oxygen atoms in total. The Bertz CT molecular complexity index is 1020. The number of carbonyl (C=O) groups excluding carboxylic acids is 2. The number of unbranched alkanes of at least 4 members (excludes halogenated alkanes) is 1. The number of rotatable bonds is 6. The number of halogens is 5. The average molecular weight is 457 g/mol. The van der Waals surface area contributed by atoms with Gasteiger partial charge in [-0.25, -0.2) is 4.90 Å². The van der Waals surface area contributed by atoms with Crippen LogP contribution in [0.15, 0.2) is 53.2 Å². The van der Waals surface area contributed by atoms with Crippen molar-refractivity contribution in [1.29, 1.82) is 0 Å². The first-order valence-corrected chi connectivity index (χ1v) is 9.90. The highest BCUT2D eigenvalue weighted by Gasteiger charge is 2.41. The maximum absolute atomic E-state index is 13.1. The number of benzene rings is 2.